The summed E-state index contributed by atoms with van der Waals surface area (Å²) in [5.41, 5.74) is 8.36. The third-order valence-electron chi connectivity index (χ3n) is 3.27. The van der Waals surface area contributed by atoms with Crippen molar-refractivity contribution in [3.63, 3.8) is 0 Å². The minimum absolute atomic E-state index is 0.228. The highest BCUT2D eigenvalue weighted by Crippen LogP contribution is 2.23. The van der Waals surface area contributed by atoms with Crippen LogP contribution in [0.4, 0.5) is 0 Å². The molecule has 0 fully saturated rings. The van der Waals surface area contributed by atoms with E-state index in [2.05, 4.69) is 42.5 Å². The summed E-state index contributed by atoms with van der Waals surface area (Å²) in [6.07, 6.45) is 5.56. The molecule has 1 heterocycles. The largest absolute Gasteiger partial charge is 0.472 e. The lowest BCUT2D eigenvalue weighted by molar-refractivity contribution is 0.241. The van der Waals surface area contributed by atoms with E-state index < -0.39 is 0 Å². The van der Waals surface area contributed by atoms with Gasteiger partial charge in [0.1, 0.15) is 0 Å². The number of furan rings is 1. The van der Waals surface area contributed by atoms with Crippen LogP contribution < -0.4 is 5.73 Å². The molecule has 2 N–H and O–H groups in total. The lowest BCUT2D eigenvalue weighted by Gasteiger charge is -2.27. The molecule has 0 radical (unpaired) electrons. The Balaban J connectivity index is 2.09. The predicted molar refractivity (Wildman–Crippen MR) is 80.2 cm³/mol. The maximum Gasteiger partial charge on any atom is 0.0947 e. The van der Waals surface area contributed by atoms with Crippen molar-refractivity contribution in [2.75, 3.05) is 19.8 Å². The number of nitrogens with zero attached hydrogens (tertiary/aromatic N) is 1. The van der Waals surface area contributed by atoms with Gasteiger partial charge >= 0.3 is 0 Å². The summed E-state index contributed by atoms with van der Waals surface area (Å²) >= 11 is 1.75. The Kier molecular flexibility index (Phi) is 5.07. The van der Waals surface area contributed by atoms with Gasteiger partial charge in [-0.05, 0) is 37.1 Å². The number of hydrogen-bond donors (Lipinski definition) is 1. The highest BCUT2D eigenvalue weighted by molar-refractivity contribution is 7.98. The van der Waals surface area contributed by atoms with Gasteiger partial charge in [-0.3, -0.25) is 4.90 Å². The number of likely N-dealkylation sites (N-methyl/N-ethyl adjacent to an activating group) is 1. The van der Waals surface area contributed by atoms with Crippen LogP contribution in [0, 0.1) is 0 Å². The quantitative estimate of drug-likeness (QED) is 0.823. The van der Waals surface area contributed by atoms with Crippen LogP contribution in [-0.2, 0) is 6.54 Å². The van der Waals surface area contributed by atoms with E-state index in [0.717, 1.165) is 6.54 Å². The number of hydrogen-bond acceptors (Lipinski definition) is 4. The highest BCUT2D eigenvalue weighted by Gasteiger charge is 2.15. The molecule has 102 valence electrons. The van der Waals surface area contributed by atoms with E-state index in [1.807, 2.05) is 6.07 Å². The lowest BCUT2D eigenvalue weighted by Crippen LogP contribution is -2.30. The molecular weight excluding hydrogens is 256 g/mol. The fourth-order valence-corrected chi connectivity index (χ4v) is 2.59. The van der Waals surface area contributed by atoms with Gasteiger partial charge in [0.15, 0.2) is 0 Å². The molecule has 2 rings (SSSR count). The maximum atomic E-state index is 5.93. The number of benzene rings is 1. The molecular formula is C15H20N2OS. The third kappa shape index (κ3) is 3.62. The van der Waals surface area contributed by atoms with Gasteiger partial charge in [-0.25, -0.2) is 0 Å². The Labute approximate surface area is 118 Å². The monoisotopic (exact) mass is 276 g/mol. The van der Waals surface area contributed by atoms with Crippen molar-refractivity contribution in [3.8, 4) is 0 Å². The average molecular weight is 276 g/mol. The smallest absolute Gasteiger partial charge is 0.0947 e. The van der Waals surface area contributed by atoms with E-state index in [0.29, 0.717) is 6.54 Å². The molecule has 0 spiro atoms. The molecule has 19 heavy (non-hydrogen) atoms. The maximum absolute atomic E-state index is 5.93. The van der Waals surface area contributed by atoms with Gasteiger partial charge in [0.05, 0.1) is 12.5 Å². The summed E-state index contributed by atoms with van der Waals surface area (Å²) in [6.45, 7) is 1.44. The second-order valence-electron chi connectivity index (χ2n) is 4.57. The summed E-state index contributed by atoms with van der Waals surface area (Å²) in [5.74, 6) is 0. The molecule has 0 saturated carbocycles. The predicted octanol–water partition coefficient (Wildman–Crippen LogP) is 3.13. The van der Waals surface area contributed by atoms with Crippen molar-refractivity contribution < 1.29 is 4.42 Å². The topological polar surface area (TPSA) is 42.4 Å². The van der Waals surface area contributed by atoms with Crippen molar-refractivity contribution in [1.82, 2.24) is 4.90 Å². The molecule has 1 unspecified atom stereocenters. The fraction of sp³-hybridized carbons (Fsp3) is 0.333. The van der Waals surface area contributed by atoms with Gasteiger partial charge in [-0.15, -0.1) is 11.8 Å². The molecule has 0 aliphatic heterocycles. The average Bonchev–Trinajstić information content (AvgIpc) is 2.93. The zero-order valence-corrected chi connectivity index (χ0v) is 12.2. The van der Waals surface area contributed by atoms with E-state index in [-0.39, 0.29) is 6.04 Å². The fourth-order valence-electron chi connectivity index (χ4n) is 2.18. The standard InChI is InChI=1S/C15H20N2OS/c1-17(10-12-7-8-18-11-12)15(9-16)13-3-5-14(19-2)6-4-13/h3-8,11,15H,9-10,16H2,1-2H3. The molecule has 1 aromatic heterocycles. The minimum atomic E-state index is 0.228. The first kappa shape index (κ1) is 14.2. The molecule has 1 aromatic carbocycles. The van der Waals surface area contributed by atoms with Crippen LogP contribution in [0.5, 0.6) is 0 Å². The molecule has 4 heteroatoms. The number of rotatable bonds is 6. The summed E-state index contributed by atoms with van der Waals surface area (Å²) in [5, 5.41) is 0. The van der Waals surface area contributed by atoms with Crippen LogP contribution >= 0.6 is 11.8 Å². The first-order valence-electron chi connectivity index (χ1n) is 6.30. The molecule has 1 atom stereocenters. The summed E-state index contributed by atoms with van der Waals surface area (Å²) in [4.78, 5) is 3.52. The van der Waals surface area contributed by atoms with Crippen molar-refractivity contribution in [2.24, 2.45) is 5.73 Å². The first-order valence-corrected chi connectivity index (χ1v) is 7.52. The Morgan fingerprint density at radius 2 is 2.00 bits per heavy atom. The van der Waals surface area contributed by atoms with Crippen molar-refractivity contribution in [3.05, 3.63) is 54.0 Å². The summed E-state index contributed by atoms with van der Waals surface area (Å²) in [7, 11) is 2.09. The number of nitrogens with two attached hydrogens (primary N) is 1. The van der Waals surface area contributed by atoms with Gasteiger partial charge in [-0.2, -0.15) is 0 Å². The summed E-state index contributed by atoms with van der Waals surface area (Å²) < 4.78 is 5.10. The van der Waals surface area contributed by atoms with Crippen molar-refractivity contribution in [1.29, 1.82) is 0 Å². The van der Waals surface area contributed by atoms with Crippen LogP contribution in [0.25, 0.3) is 0 Å². The lowest BCUT2D eigenvalue weighted by atomic mass is 10.1. The molecule has 2 aromatic rings. The zero-order valence-electron chi connectivity index (χ0n) is 11.4. The van der Waals surface area contributed by atoms with E-state index in [9.17, 15) is 0 Å². The molecule has 3 nitrogen and oxygen atoms in total. The van der Waals surface area contributed by atoms with E-state index in [1.165, 1.54) is 16.0 Å². The normalized spacial score (nSPS) is 12.8. The first-order chi connectivity index (χ1) is 9.24. The van der Waals surface area contributed by atoms with E-state index in [1.54, 1.807) is 24.3 Å². The van der Waals surface area contributed by atoms with Crippen molar-refractivity contribution >= 4 is 11.8 Å². The van der Waals surface area contributed by atoms with Gasteiger partial charge in [0.25, 0.3) is 0 Å². The second kappa shape index (κ2) is 6.80. The van der Waals surface area contributed by atoms with Crippen LogP contribution in [0.15, 0.2) is 52.2 Å². The van der Waals surface area contributed by atoms with Gasteiger partial charge in [0.2, 0.25) is 0 Å². The Morgan fingerprint density at radius 1 is 1.26 bits per heavy atom. The third-order valence-corrected chi connectivity index (χ3v) is 4.01. The van der Waals surface area contributed by atoms with Gasteiger partial charge < -0.3 is 10.2 Å². The van der Waals surface area contributed by atoms with E-state index >= 15 is 0 Å². The Bertz CT molecular complexity index is 481. The van der Waals surface area contributed by atoms with Gasteiger partial charge in [0, 0.05) is 29.6 Å². The SMILES string of the molecule is CSc1ccc(C(CN)N(C)Cc2ccoc2)cc1. The van der Waals surface area contributed by atoms with Crippen LogP contribution in [-0.4, -0.2) is 24.7 Å². The summed E-state index contributed by atoms with van der Waals surface area (Å²) in [6, 6.07) is 10.8. The van der Waals surface area contributed by atoms with Crippen molar-refractivity contribution in [2.45, 2.75) is 17.5 Å². The zero-order chi connectivity index (χ0) is 13.7. The van der Waals surface area contributed by atoms with Crippen LogP contribution in [0.1, 0.15) is 17.2 Å². The Hall–Kier alpha value is -1.23. The number of thioether (sulfide) groups is 1. The molecule has 0 aliphatic rings. The minimum Gasteiger partial charge on any atom is -0.472 e. The molecule has 0 saturated heterocycles. The molecule has 0 aliphatic carbocycles. The Morgan fingerprint density at radius 3 is 2.53 bits per heavy atom. The van der Waals surface area contributed by atoms with E-state index in [4.69, 9.17) is 10.2 Å². The van der Waals surface area contributed by atoms with Gasteiger partial charge in [-0.1, -0.05) is 12.1 Å². The highest BCUT2D eigenvalue weighted by atomic mass is 32.2. The molecule has 0 bridgehead atoms. The van der Waals surface area contributed by atoms with Crippen LogP contribution in [0.2, 0.25) is 0 Å². The molecule has 0 amide bonds. The second-order valence-corrected chi connectivity index (χ2v) is 5.45. The van der Waals surface area contributed by atoms with Crippen LogP contribution in [0.3, 0.4) is 0 Å².